The van der Waals surface area contributed by atoms with Gasteiger partial charge in [-0.3, -0.25) is 0 Å². The van der Waals surface area contributed by atoms with Crippen LogP contribution in [0.15, 0.2) is 30.3 Å². The number of alkyl halides is 2. The van der Waals surface area contributed by atoms with E-state index in [-0.39, 0.29) is 19.7 Å². The molecule has 128 valence electrons. The van der Waals surface area contributed by atoms with Crippen molar-refractivity contribution in [1.82, 2.24) is 4.90 Å². The van der Waals surface area contributed by atoms with E-state index >= 15 is 0 Å². The summed E-state index contributed by atoms with van der Waals surface area (Å²) in [7, 11) is 0. The molecule has 6 heteroatoms. The third-order valence-electron chi connectivity index (χ3n) is 3.59. The molecule has 0 aromatic heterocycles. The summed E-state index contributed by atoms with van der Waals surface area (Å²) in [6.45, 7) is 5.55. The van der Waals surface area contributed by atoms with E-state index in [9.17, 15) is 13.6 Å². The Morgan fingerprint density at radius 1 is 1.26 bits per heavy atom. The second-order valence-corrected chi connectivity index (χ2v) is 6.72. The highest BCUT2D eigenvalue weighted by Gasteiger charge is 2.42. The molecule has 1 fully saturated rings. The zero-order valence-corrected chi connectivity index (χ0v) is 13.7. The Kier molecular flexibility index (Phi) is 5.57. The Morgan fingerprint density at radius 3 is 2.48 bits per heavy atom. The van der Waals surface area contributed by atoms with E-state index < -0.39 is 30.1 Å². The highest BCUT2D eigenvalue weighted by molar-refractivity contribution is 5.68. The molecule has 0 radical (unpaired) electrons. The molecule has 1 heterocycles. The van der Waals surface area contributed by atoms with Crippen molar-refractivity contribution in [2.24, 2.45) is 5.92 Å². The average molecular weight is 327 g/mol. The average Bonchev–Trinajstić information content (AvgIpc) is 2.89. The number of halogens is 2. The molecule has 1 unspecified atom stereocenters. The van der Waals surface area contributed by atoms with Gasteiger partial charge in [-0.1, -0.05) is 30.3 Å². The fourth-order valence-corrected chi connectivity index (χ4v) is 2.47. The number of carbonyl (C=O) groups excluding carboxylic acids is 1. The van der Waals surface area contributed by atoms with Gasteiger partial charge in [-0.25, -0.2) is 13.6 Å². The summed E-state index contributed by atoms with van der Waals surface area (Å²) in [5.74, 6) is -0.994. The summed E-state index contributed by atoms with van der Waals surface area (Å²) in [6.07, 6.45) is -3.81. The van der Waals surface area contributed by atoms with Crippen LogP contribution in [0.25, 0.3) is 0 Å². The molecule has 1 saturated heterocycles. The van der Waals surface area contributed by atoms with Gasteiger partial charge in [-0.2, -0.15) is 0 Å². The van der Waals surface area contributed by atoms with E-state index in [1.807, 2.05) is 30.3 Å². The lowest BCUT2D eigenvalue weighted by Crippen LogP contribution is -2.36. The van der Waals surface area contributed by atoms with Crippen LogP contribution in [0.4, 0.5) is 13.6 Å². The quantitative estimate of drug-likeness (QED) is 0.846. The monoisotopic (exact) mass is 327 g/mol. The molecule has 0 bridgehead atoms. The molecular formula is C17H23F2NO3. The summed E-state index contributed by atoms with van der Waals surface area (Å²) in [4.78, 5) is 13.4. The summed E-state index contributed by atoms with van der Waals surface area (Å²) in [5, 5.41) is 0. The zero-order valence-electron chi connectivity index (χ0n) is 13.7. The Balaban J connectivity index is 1.96. The molecule has 1 aliphatic heterocycles. The number of hydrogen-bond donors (Lipinski definition) is 0. The molecule has 1 aromatic carbocycles. The largest absolute Gasteiger partial charge is 0.444 e. The molecule has 0 spiro atoms. The number of carbonyl (C=O) groups is 1. The van der Waals surface area contributed by atoms with E-state index in [0.29, 0.717) is 0 Å². The van der Waals surface area contributed by atoms with E-state index in [2.05, 4.69) is 0 Å². The topological polar surface area (TPSA) is 38.8 Å². The Bertz CT molecular complexity index is 516. The number of likely N-dealkylation sites (tertiary alicyclic amines) is 1. The Hall–Kier alpha value is -1.69. The van der Waals surface area contributed by atoms with Gasteiger partial charge in [0.2, 0.25) is 6.43 Å². The minimum absolute atomic E-state index is 0.0496. The van der Waals surface area contributed by atoms with Crippen LogP contribution in [0, 0.1) is 5.92 Å². The lowest BCUT2D eigenvalue weighted by Gasteiger charge is -2.24. The zero-order chi connectivity index (χ0) is 17.0. The molecule has 4 nitrogen and oxygen atoms in total. The van der Waals surface area contributed by atoms with Crippen LogP contribution < -0.4 is 0 Å². The van der Waals surface area contributed by atoms with Crippen molar-refractivity contribution in [3.8, 4) is 0 Å². The first-order valence-electron chi connectivity index (χ1n) is 7.68. The summed E-state index contributed by atoms with van der Waals surface area (Å²) in [6, 6.07) is 9.36. The van der Waals surface area contributed by atoms with E-state index in [1.54, 1.807) is 20.8 Å². The minimum Gasteiger partial charge on any atom is -0.444 e. The number of benzene rings is 1. The van der Waals surface area contributed by atoms with Gasteiger partial charge >= 0.3 is 6.09 Å². The second kappa shape index (κ2) is 7.25. The van der Waals surface area contributed by atoms with Crippen LogP contribution in [0.3, 0.4) is 0 Å². The fourth-order valence-electron chi connectivity index (χ4n) is 2.47. The van der Waals surface area contributed by atoms with E-state index in [0.717, 1.165) is 5.56 Å². The van der Waals surface area contributed by atoms with E-state index in [4.69, 9.17) is 9.47 Å². The van der Waals surface area contributed by atoms with Crippen molar-refractivity contribution >= 4 is 6.09 Å². The molecular weight excluding hydrogens is 304 g/mol. The van der Waals surface area contributed by atoms with Gasteiger partial charge in [0, 0.05) is 6.54 Å². The molecule has 0 N–H and O–H groups in total. The van der Waals surface area contributed by atoms with E-state index in [1.165, 1.54) is 4.90 Å². The lowest BCUT2D eigenvalue weighted by molar-refractivity contribution is -0.0317. The number of hydrogen-bond acceptors (Lipinski definition) is 3. The predicted molar refractivity (Wildman–Crippen MR) is 82.3 cm³/mol. The summed E-state index contributed by atoms with van der Waals surface area (Å²) < 4.78 is 37.4. The Labute approximate surface area is 135 Å². The predicted octanol–water partition coefficient (Wildman–Crippen LogP) is 3.70. The molecule has 0 aliphatic carbocycles. The van der Waals surface area contributed by atoms with Crippen LogP contribution in [0.1, 0.15) is 26.3 Å². The third-order valence-corrected chi connectivity index (χ3v) is 3.59. The van der Waals surface area contributed by atoms with Gasteiger partial charge in [0.05, 0.1) is 25.2 Å². The summed E-state index contributed by atoms with van der Waals surface area (Å²) in [5.41, 5.74) is 0.261. The molecule has 1 aromatic rings. The molecule has 1 amide bonds. The fraction of sp³-hybridized carbons (Fsp3) is 0.588. The smallest absolute Gasteiger partial charge is 0.410 e. The van der Waals surface area contributed by atoms with Crippen molar-refractivity contribution in [2.45, 2.75) is 45.5 Å². The van der Waals surface area contributed by atoms with Gasteiger partial charge < -0.3 is 14.4 Å². The number of amides is 1. The first-order valence-corrected chi connectivity index (χ1v) is 7.68. The first-order chi connectivity index (χ1) is 10.8. The van der Waals surface area contributed by atoms with Crippen molar-refractivity contribution in [3.05, 3.63) is 35.9 Å². The normalized spacial score (nSPS) is 21.7. The second-order valence-electron chi connectivity index (χ2n) is 6.72. The summed E-state index contributed by atoms with van der Waals surface area (Å²) >= 11 is 0. The van der Waals surface area contributed by atoms with Crippen LogP contribution in [-0.2, 0) is 16.1 Å². The highest BCUT2D eigenvalue weighted by Crippen LogP contribution is 2.28. The minimum atomic E-state index is -2.54. The highest BCUT2D eigenvalue weighted by atomic mass is 19.3. The van der Waals surface area contributed by atoms with Crippen molar-refractivity contribution in [3.63, 3.8) is 0 Å². The van der Waals surface area contributed by atoms with Crippen LogP contribution in [0.2, 0.25) is 0 Å². The van der Waals surface area contributed by atoms with Gasteiger partial charge in [0.25, 0.3) is 0 Å². The molecule has 1 aliphatic rings. The molecule has 2 rings (SSSR count). The standard InChI is InChI=1S/C17H23F2NO3/c1-17(2,3)23-16(21)20-9-13(15(18)19)14(10-20)22-11-12-7-5-4-6-8-12/h4-8,13-15H,9-11H2,1-3H3/t13?,14-/m1/s1. The SMILES string of the molecule is CC(C)(C)OC(=O)N1CC(C(F)F)[C@H](OCc2ccccc2)C1. The van der Waals surface area contributed by atoms with Crippen molar-refractivity contribution in [1.29, 1.82) is 0 Å². The Morgan fingerprint density at radius 2 is 1.91 bits per heavy atom. The lowest BCUT2D eigenvalue weighted by atomic mass is 10.1. The maximum absolute atomic E-state index is 13.2. The number of nitrogens with zero attached hydrogens (tertiary/aromatic N) is 1. The van der Waals surface area contributed by atoms with Gasteiger partial charge in [0.15, 0.2) is 0 Å². The van der Waals surface area contributed by atoms with Gasteiger partial charge in [-0.05, 0) is 26.3 Å². The number of ether oxygens (including phenoxy) is 2. The number of rotatable bonds is 4. The first kappa shape index (κ1) is 17.7. The third kappa shape index (κ3) is 5.16. The van der Waals surface area contributed by atoms with Gasteiger partial charge in [-0.15, -0.1) is 0 Å². The van der Waals surface area contributed by atoms with Crippen LogP contribution in [0.5, 0.6) is 0 Å². The molecule has 0 saturated carbocycles. The molecule has 23 heavy (non-hydrogen) atoms. The van der Waals surface area contributed by atoms with Gasteiger partial charge in [0.1, 0.15) is 5.60 Å². The maximum atomic E-state index is 13.2. The van der Waals surface area contributed by atoms with Crippen LogP contribution >= 0.6 is 0 Å². The van der Waals surface area contributed by atoms with Crippen LogP contribution in [-0.4, -0.2) is 42.2 Å². The van der Waals surface area contributed by atoms with Crippen molar-refractivity contribution < 1.29 is 23.0 Å². The molecule has 2 atom stereocenters. The maximum Gasteiger partial charge on any atom is 0.410 e. The van der Waals surface area contributed by atoms with Crippen molar-refractivity contribution in [2.75, 3.05) is 13.1 Å².